The fourth-order valence-corrected chi connectivity index (χ4v) is 2.55. The van der Waals surface area contributed by atoms with Gasteiger partial charge in [0.2, 0.25) is 5.79 Å². The largest absolute Gasteiger partial charge is 0.462 e. The van der Waals surface area contributed by atoms with Gasteiger partial charge in [-0.1, -0.05) is 6.08 Å². The highest BCUT2D eigenvalue weighted by Gasteiger charge is 2.32. The topological polar surface area (TPSA) is 89.1 Å². The molecule has 25 heavy (non-hydrogen) atoms. The predicted octanol–water partition coefficient (Wildman–Crippen LogP) is 3.46. The lowest BCUT2D eigenvalue weighted by atomic mass is 9.98. The Balaban J connectivity index is 1.68. The van der Waals surface area contributed by atoms with E-state index in [-0.39, 0.29) is 0 Å². The quantitative estimate of drug-likeness (QED) is 0.575. The number of carbonyl (C=O) groups excluding carboxylic acids is 1. The van der Waals surface area contributed by atoms with E-state index in [1.165, 1.54) is 5.48 Å². The zero-order valence-electron chi connectivity index (χ0n) is 14.0. The fourth-order valence-electron chi connectivity index (χ4n) is 2.55. The second kappa shape index (κ2) is 7.00. The van der Waals surface area contributed by atoms with Crippen LogP contribution in [-0.4, -0.2) is 24.1 Å². The van der Waals surface area contributed by atoms with Gasteiger partial charge in [-0.15, -0.1) is 0 Å². The maximum absolute atomic E-state index is 11.0. The number of hydrogen-bond acceptors (Lipinski definition) is 5. The van der Waals surface area contributed by atoms with Crippen LogP contribution in [0, 0.1) is 0 Å². The van der Waals surface area contributed by atoms with Crippen LogP contribution < -0.4 is 15.5 Å². The van der Waals surface area contributed by atoms with Crippen LogP contribution >= 0.6 is 0 Å². The highest BCUT2D eigenvalue weighted by atomic mass is 16.7. The SMILES string of the molecule is COC1(C)CC=C2CC=C(Oc3ccc(NC(=O)NO)cc3)C=C2O1. The molecule has 0 aromatic heterocycles. The van der Waals surface area contributed by atoms with Crippen LogP contribution in [-0.2, 0) is 9.47 Å². The molecular weight excluding hydrogens is 324 g/mol. The highest BCUT2D eigenvalue weighted by molar-refractivity contribution is 5.88. The number of anilines is 1. The summed E-state index contributed by atoms with van der Waals surface area (Å²) in [4.78, 5) is 11.0. The van der Waals surface area contributed by atoms with Gasteiger partial charge in [-0.25, -0.2) is 10.3 Å². The van der Waals surface area contributed by atoms with Crippen molar-refractivity contribution in [2.45, 2.75) is 25.6 Å². The lowest BCUT2D eigenvalue weighted by Crippen LogP contribution is -2.33. The van der Waals surface area contributed by atoms with Gasteiger partial charge in [-0.3, -0.25) is 5.21 Å². The molecular formula is C18H20N2O5. The van der Waals surface area contributed by atoms with Crippen LogP contribution in [0.3, 0.4) is 0 Å². The number of methoxy groups -OCH3 is 1. The molecule has 0 radical (unpaired) electrons. The molecule has 0 saturated carbocycles. The molecule has 3 rings (SSSR count). The number of amides is 2. The van der Waals surface area contributed by atoms with Gasteiger partial charge in [-0.2, -0.15) is 0 Å². The Morgan fingerprint density at radius 3 is 2.72 bits per heavy atom. The lowest BCUT2D eigenvalue weighted by molar-refractivity contribution is -0.185. The maximum Gasteiger partial charge on any atom is 0.342 e. The summed E-state index contributed by atoms with van der Waals surface area (Å²) in [7, 11) is 1.63. The van der Waals surface area contributed by atoms with E-state index in [9.17, 15) is 4.79 Å². The number of carbonyl (C=O) groups is 1. The van der Waals surface area contributed by atoms with Crippen LogP contribution in [0.5, 0.6) is 5.75 Å². The van der Waals surface area contributed by atoms with Gasteiger partial charge in [-0.05, 0) is 42.3 Å². The number of fused-ring (bicyclic) bond motifs is 1. The first-order valence-corrected chi connectivity index (χ1v) is 7.86. The molecule has 3 N–H and O–H groups in total. The third-order valence-electron chi connectivity index (χ3n) is 4.04. The molecule has 0 fully saturated rings. The van der Waals surface area contributed by atoms with Crippen molar-refractivity contribution in [1.29, 1.82) is 0 Å². The molecule has 0 spiro atoms. The summed E-state index contributed by atoms with van der Waals surface area (Å²) in [5, 5.41) is 10.9. The van der Waals surface area contributed by atoms with E-state index < -0.39 is 11.8 Å². The number of nitrogens with one attached hydrogen (secondary N) is 2. The molecule has 7 nitrogen and oxygen atoms in total. The number of hydroxylamine groups is 1. The zero-order valence-corrected chi connectivity index (χ0v) is 14.0. The van der Waals surface area contributed by atoms with Crippen molar-refractivity contribution in [2.24, 2.45) is 0 Å². The Kier molecular flexibility index (Phi) is 4.78. The van der Waals surface area contributed by atoms with Crippen molar-refractivity contribution in [1.82, 2.24) is 5.48 Å². The van der Waals surface area contributed by atoms with Crippen molar-refractivity contribution < 1.29 is 24.2 Å². The van der Waals surface area contributed by atoms with E-state index in [4.69, 9.17) is 19.4 Å². The van der Waals surface area contributed by atoms with Gasteiger partial charge in [0.1, 0.15) is 17.3 Å². The van der Waals surface area contributed by atoms with Crippen molar-refractivity contribution in [3.8, 4) is 5.75 Å². The Morgan fingerprint density at radius 2 is 2.04 bits per heavy atom. The number of hydrogen-bond donors (Lipinski definition) is 3. The molecule has 7 heteroatoms. The van der Waals surface area contributed by atoms with Crippen molar-refractivity contribution in [2.75, 3.05) is 12.4 Å². The van der Waals surface area contributed by atoms with E-state index >= 15 is 0 Å². The van der Waals surface area contributed by atoms with Crippen molar-refractivity contribution >= 4 is 11.7 Å². The minimum atomic E-state index is -0.705. The normalized spacial score (nSPS) is 21.8. The first-order valence-electron chi connectivity index (χ1n) is 7.86. The fraction of sp³-hybridized carbons (Fsp3) is 0.278. The van der Waals surface area contributed by atoms with E-state index in [2.05, 4.69) is 11.4 Å². The summed E-state index contributed by atoms with van der Waals surface area (Å²) >= 11 is 0. The monoisotopic (exact) mass is 344 g/mol. The molecule has 1 heterocycles. The molecule has 132 valence electrons. The average molecular weight is 344 g/mol. The summed E-state index contributed by atoms with van der Waals surface area (Å²) in [6, 6.07) is 6.08. The van der Waals surface area contributed by atoms with E-state index in [1.807, 2.05) is 19.1 Å². The molecule has 2 amide bonds. The first kappa shape index (κ1) is 17.1. The second-order valence-electron chi connectivity index (χ2n) is 5.89. The van der Waals surface area contributed by atoms with E-state index in [1.54, 1.807) is 31.4 Å². The van der Waals surface area contributed by atoms with Crippen LogP contribution in [0.4, 0.5) is 10.5 Å². The van der Waals surface area contributed by atoms with Crippen LogP contribution in [0.25, 0.3) is 0 Å². The standard InChI is InChI=1S/C18H20N2O5/c1-18(23-2)10-9-12-3-6-15(11-16(12)25-18)24-14-7-4-13(5-8-14)19-17(21)20-22/h4-9,11,22H,3,10H2,1-2H3,(H2,19,20,21). The highest BCUT2D eigenvalue weighted by Crippen LogP contribution is 2.36. The summed E-state index contributed by atoms with van der Waals surface area (Å²) in [6.07, 6.45) is 7.39. The summed E-state index contributed by atoms with van der Waals surface area (Å²) < 4.78 is 17.2. The van der Waals surface area contributed by atoms with Gasteiger partial charge in [0.25, 0.3) is 0 Å². The second-order valence-corrected chi connectivity index (χ2v) is 5.89. The van der Waals surface area contributed by atoms with Gasteiger partial charge >= 0.3 is 6.03 Å². The van der Waals surface area contributed by atoms with Crippen LogP contribution in [0.15, 0.2) is 59.6 Å². The van der Waals surface area contributed by atoms with Crippen LogP contribution in [0.2, 0.25) is 0 Å². The van der Waals surface area contributed by atoms with Crippen molar-refractivity contribution in [3.05, 3.63) is 59.6 Å². The number of rotatable bonds is 4. The minimum Gasteiger partial charge on any atom is -0.462 e. The summed E-state index contributed by atoms with van der Waals surface area (Å²) in [5.41, 5.74) is 3.16. The third kappa shape index (κ3) is 4.01. The molecule has 1 aromatic rings. The molecule has 2 aliphatic rings. The Morgan fingerprint density at radius 1 is 1.28 bits per heavy atom. The smallest absolute Gasteiger partial charge is 0.342 e. The maximum atomic E-state index is 11.0. The summed E-state index contributed by atoms with van der Waals surface area (Å²) in [6.45, 7) is 1.90. The lowest BCUT2D eigenvalue weighted by Gasteiger charge is -2.35. The first-order chi connectivity index (χ1) is 12.0. The van der Waals surface area contributed by atoms with Gasteiger partial charge in [0.05, 0.1) is 0 Å². The number of benzene rings is 1. The number of allylic oxidation sites excluding steroid dienone is 3. The van der Waals surface area contributed by atoms with E-state index in [0.29, 0.717) is 23.6 Å². The molecule has 1 aliphatic heterocycles. The number of urea groups is 1. The van der Waals surface area contributed by atoms with Gasteiger partial charge < -0.3 is 19.5 Å². The van der Waals surface area contributed by atoms with Crippen molar-refractivity contribution in [3.63, 3.8) is 0 Å². The predicted molar refractivity (Wildman–Crippen MR) is 91.0 cm³/mol. The molecule has 1 aromatic carbocycles. The summed E-state index contributed by atoms with van der Waals surface area (Å²) in [5.74, 6) is 1.40. The minimum absolute atomic E-state index is 0.534. The molecule has 1 atom stereocenters. The third-order valence-corrected chi connectivity index (χ3v) is 4.04. The Hall–Kier alpha value is -2.77. The number of ether oxygens (including phenoxy) is 3. The molecule has 0 saturated heterocycles. The molecule has 0 bridgehead atoms. The van der Waals surface area contributed by atoms with Gasteiger partial charge in [0.15, 0.2) is 0 Å². The Bertz CT molecular complexity index is 751. The zero-order chi connectivity index (χ0) is 17.9. The van der Waals surface area contributed by atoms with E-state index in [0.717, 1.165) is 17.8 Å². The average Bonchev–Trinajstić information content (AvgIpc) is 2.63. The van der Waals surface area contributed by atoms with Gasteiger partial charge in [0, 0.05) is 32.2 Å². The molecule has 1 unspecified atom stereocenters. The molecule has 1 aliphatic carbocycles. The van der Waals surface area contributed by atoms with Crippen LogP contribution in [0.1, 0.15) is 19.8 Å². The Labute approximate surface area is 145 Å².